The van der Waals surface area contributed by atoms with Gasteiger partial charge in [0.1, 0.15) is 5.52 Å². The van der Waals surface area contributed by atoms with Crippen molar-refractivity contribution in [2.75, 3.05) is 5.32 Å². The van der Waals surface area contributed by atoms with Crippen LogP contribution in [0.15, 0.2) is 65.7 Å². The Hall–Kier alpha value is -3.74. The van der Waals surface area contributed by atoms with Crippen LogP contribution in [-0.2, 0) is 7.05 Å². The van der Waals surface area contributed by atoms with Crippen LogP contribution in [0.25, 0.3) is 16.7 Å². The van der Waals surface area contributed by atoms with Crippen molar-refractivity contribution in [2.45, 2.75) is 19.8 Å². The molecule has 0 aliphatic heterocycles. The van der Waals surface area contributed by atoms with Crippen LogP contribution in [0.3, 0.4) is 0 Å². The zero-order valence-electron chi connectivity index (χ0n) is 16.5. The minimum atomic E-state index is -0.414. The summed E-state index contributed by atoms with van der Waals surface area (Å²) >= 11 is 0. The summed E-state index contributed by atoms with van der Waals surface area (Å²) in [6, 6.07) is 16.9. The van der Waals surface area contributed by atoms with Gasteiger partial charge < -0.3 is 9.88 Å². The molecule has 4 rings (SSSR count). The van der Waals surface area contributed by atoms with E-state index in [1.807, 2.05) is 54.6 Å². The summed E-state index contributed by atoms with van der Waals surface area (Å²) in [5.74, 6) is -0.00610. The third kappa shape index (κ3) is 3.42. The van der Waals surface area contributed by atoms with Crippen molar-refractivity contribution in [1.82, 2.24) is 19.3 Å². The molecule has 0 aliphatic rings. The normalized spacial score (nSPS) is 11.2. The van der Waals surface area contributed by atoms with E-state index >= 15 is 0 Å². The summed E-state index contributed by atoms with van der Waals surface area (Å²) in [6.07, 6.45) is 1.40. The number of anilines is 1. The molecule has 0 unspecified atom stereocenters. The second kappa shape index (κ2) is 7.35. The largest absolute Gasteiger partial charge is 0.321 e. The SMILES string of the molecule is CC(C)c1ccc(NC(=O)c2nn(-c3ccccc3)c3c(=O)n(C)cnc23)cc1. The summed E-state index contributed by atoms with van der Waals surface area (Å²) in [5.41, 5.74) is 2.90. The van der Waals surface area contributed by atoms with E-state index in [-0.39, 0.29) is 22.3 Å². The molecule has 2 aromatic carbocycles. The van der Waals surface area contributed by atoms with Gasteiger partial charge in [0, 0.05) is 12.7 Å². The zero-order valence-corrected chi connectivity index (χ0v) is 16.5. The maximum atomic E-state index is 13.0. The molecule has 29 heavy (non-hydrogen) atoms. The van der Waals surface area contributed by atoms with E-state index in [4.69, 9.17) is 0 Å². The molecule has 146 valence electrons. The molecule has 7 heteroatoms. The van der Waals surface area contributed by atoms with Crippen LogP contribution >= 0.6 is 0 Å². The van der Waals surface area contributed by atoms with Gasteiger partial charge in [0.25, 0.3) is 11.5 Å². The van der Waals surface area contributed by atoms with Gasteiger partial charge in [0.05, 0.1) is 12.0 Å². The summed E-state index contributed by atoms with van der Waals surface area (Å²) < 4.78 is 2.84. The number of aromatic nitrogens is 4. The van der Waals surface area contributed by atoms with Gasteiger partial charge >= 0.3 is 0 Å². The first-order valence-electron chi connectivity index (χ1n) is 9.37. The standard InChI is InChI=1S/C22H21N5O2/c1-14(2)15-9-11-16(12-10-15)24-21(28)19-18-20(22(29)26(3)13-23-18)27(25-19)17-7-5-4-6-8-17/h4-14H,1-3H3,(H,24,28). The monoisotopic (exact) mass is 387 g/mol. The van der Waals surface area contributed by atoms with Crippen molar-refractivity contribution in [3.63, 3.8) is 0 Å². The molecule has 0 bridgehead atoms. The van der Waals surface area contributed by atoms with E-state index in [2.05, 4.69) is 29.2 Å². The number of hydrogen-bond acceptors (Lipinski definition) is 4. The summed E-state index contributed by atoms with van der Waals surface area (Å²) in [4.78, 5) is 30.0. The lowest BCUT2D eigenvalue weighted by atomic mass is 10.0. The van der Waals surface area contributed by atoms with Crippen LogP contribution in [0, 0.1) is 0 Å². The van der Waals surface area contributed by atoms with Gasteiger partial charge in [-0.05, 0) is 35.7 Å². The number of fused-ring (bicyclic) bond motifs is 1. The fourth-order valence-electron chi connectivity index (χ4n) is 3.14. The van der Waals surface area contributed by atoms with Crippen LogP contribution in [-0.4, -0.2) is 25.2 Å². The van der Waals surface area contributed by atoms with E-state index in [1.54, 1.807) is 7.05 Å². The molecule has 0 spiro atoms. The number of carbonyl (C=O) groups excluding carboxylic acids is 1. The van der Waals surface area contributed by atoms with E-state index in [0.29, 0.717) is 17.3 Å². The number of aryl methyl sites for hydroxylation is 1. The average molecular weight is 387 g/mol. The quantitative estimate of drug-likeness (QED) is 0.581. The van der Waals surface area contributed by atoms with Crippen LogP contribution in [0.1, 0.15) is 35.8 Å². The first kappa shape index (κ1) is 18.6. The van der Waals surface area contributed by atoms with Gasteiger partial charge in [-0.2, -0.15) is 5.10 Å². The number of amides is 1. The lowest BCUT2D eigenvalue weighted by Crippen LogP contribution is -2.19. The Morgan fingerprint density at radius 1 is 1.03 bits per heavy atom. The molecule has 0 saturated heterocycles. The smallest absolute Gasteiger partial charge is 0.279 e. The first-order valence-corrected chi connectivity index (χ1v) is 9.37. The Balaban J connectivity index is 1.78. The Labute approximate surface area is 167 Å². The van der Waals surface area contributed by atoms with E-state index < -0.39 is 5.91 Å². The van der Waals surface area contributed by atoms with Crippen molar-refractivity contribution >= 4 is 22.6 Å². The predicted molar refractivity (Wildman–Crippen MR) is 113 cm³/mol. The highest BCUT2D eigenvalue weighted by molar-refractivity contribution is 6.10. The maximum Gasteiger partial charge on any atom is 0.279 e. The van der Waals surface area contributed by atoms with Crippen LogP contribution in [0.2, 0.25) is 0 Å². The van der Waals surface area contributed by atoms with Crippen LogP contribution < -0.4 is 10.9 Å². The van der Waals surface area contributed by atoms with Gasteiger partial charge in [0.2, 0.25) is 0 Å². The minimum Gasteiger partial charge on any atom is -0.321 e. The highest BCUT2D eigenvalue weighted by Gasteiger charge is 2.22. The number of para-hydroxylation sites is 1. The summed E-state index contributed by atoms with van der Waals surface area (Å²) in [6.45, 7) is 4.23. The fraction of sp³-hybridized carbons (Fsp3) is 0.182. The Morgan fingerprint density at radius 2 is 1.72 bits per heavy atom. The topological polar surface area (TPSA) is 81.8 Å². The van der Waals surface area contributed by atoms with Crippen molar-refractivity contribution in [1.29, 1.82) is 0 Å². The van der Waals surface area contributed by atoms with Gasteiger partial charge in [-0.1, -0.05) is 44.2 Å². The number of nitrogens with one attached hydrogen (secondary N) is 1. The van der Waals surface area contributed by atoms with Gasteiger partial charge in [-0.3, -0.25) is 9.59 Å². The van der Waals surface area contributed by atoms with Gasteiger partial charge in [-0.25, -0.2) is 9.67 Å². The van der Waals surface area contributed by atoms with Crippen molar-refractivity contribution in [3.8, 4) is 5.69 Å². The van der Waals surface area contributed by atoms with Gasteiger partial charge in [0.15, 0.2) is 11.2 Å². The molecule has 4 aromatic rings. The third-order valence-electron chi connectivity index (χ3n) is 4.79. The van der Waals surface area contributed by atoms with Crippen LogP contribution in [0.4, 0.5) is 5.69 Å². The molecule has 2 aromatic heterocycles. The van der Waals surface area contributed by atoms with E-state index in [0.717, 1.165) is 0 Å². The van der Waals surface area contributed by atoms with Crippen molar-refractivity contribution in [3.05, 3.63) is 82.5 Å². The summed E-state index contributed by atoms with van der Waals surface area (Å²) in [5, 5.41) is 7.28. The third-order valence-corrected chi connectivity index (χ3v) is 4.79. The zero-order chi connectivity index (χ0) is 20.5. The molecular weight excluding hydrogens is 366 g/mol. The number of hydrogen-bond donors (Lipinski definition) is 1. The van der Waals surface area contributed by atoms with Crippen molar-refractivity contribution < 1.29 is 4.79 Å². The predicted octanol–water partition coefficient (Wildman–Crippen LogP) is 3.49. The molecule has 1 N–H and O–H groups in total. The average Bonchev–Trinajstić information content (AvgIpc) is 3.12. The lowest BCUT2D eigenvalue weighted by Gasteiger charge is -2.07. The number of rotatable bonds is 4. The molecule has 2 heterocycles. The Morgan fingerprint density at radius 3 is 2.38 bits per heavy atom. The minimum absolute atomic E-state index is 0.106. The van der Waals surface area contributed by atoms with E-state index in [1.165, 1.54) is 21.1 Å². The van der Waals surface area contributed by atoms with Gasteiger partial charge in [-0.15, -0.1) is 0 Å². The second-order valence-corrected chi connectivity index (χ2v) is 7.18. The molecule has 0 radical (unpaired) electrons. The molecule has 0 atom stereocenters. The first-order chi connectivity index (χ1) is 14.0. The number of nitrogens with zero attached hydrogens (tertiary/aromatic N) is 4. The molecule has 0 aliphatic carbocycles. The Kier molecular flexibility index (Phi) is 4.72. The maximum absolute atomic E-state index is 13.0. The fourth-order valence-corrected chi connectivity index (χ4v) is 3.14. The molecule has 0 saturated carbocycles. The van der Waals surface area contributed by atoms with E-state index in [9.17, 15) is 9.59 Å². The second-order valence-electron chi connectivity index (χ2n) is 7.18. The lowest BCUT2D eigenvalue weighted by molar-refractivity contribution is 0.102. The Bertz CT molecular complexity index is 1240. The molecule has 7 nitrogen and oxygen atoms in total. The van der Waals surface area contributed by atoms with Crippen molar-refractivity contribution in [2.24, 2.45) is 7.05 Å². The van der Waals surface area contributed by atoms with Crippen LogP contribution in [0.5, 0.6) is 0 Å². The molecular formula is C22H21N5O2. The number of carbonyl (C=O) groups is 1. The highest BCUT2D eigenvalue weighted by Crippen LogP contribution is 2.20. The molecule has 1 amide bonds. The molecule has 0 fully saturated rings. The number of benzene rings is 2. The highest BCUT2D eigenvalue weighted by atomic mass is 16.2. The summed E-state index contributed by atoms with van der Waals surface area (Å²) in [7, 11) is 1.62.